The molecule has 1 saturated heterocycles. The van der Waals surface area contributed by atoms with Crippen LogP contribution in [0.25, 0.3) is 0 Å². The second kappa shape index (κ2) is 7.84. The van der Waals surface area contributed by atoms with E-state index in [1.807, 2.05) is 37.9 Å². The van der Waals surface area contributed by atoms with Gasteiger partial charge in [-0.2, -0.15) is 0 Å². The number of amides is 1. The molecule has 1 amide bonds. The summed E-state index contributed by atoms with van der Waals surface area (Å²) in [7, 11) is 1.95. The molecule has 0 saturated carbocycles. The molecule has 122 valence electrons. The summed E-state index contributed by atoms with van der Waals surface area (Å²) in [5.74, 6) is 1.32. The van der Waals surface area contributed by atoms with E-state index >= 15 is 0 Å². The van der Waals surface area contributed by atoms with Gasteiger partial charge in [-0.05, 0) is 70.0 Å². The molecule has 1 aliphatic heterocycles. The number of carbonyl (C=O) groups is 1. The number of likely N-dealkylation sites (tertiary alicyclic amines) is 1. The predicted molar refractivity (Wildman–Crippen MR) is 89.5 cm³/mol. The molecular formula is C17H25ClN2O2. The Kier molecular flexibility index (Phi) is 6.09. The average molecular weight is 325 g/mol. The Labute approximate surface area is 137 Å². The summed E-state index contributed by atoms with van der Waals surface area (Å²) in [6.45, 7) is 6.34. The quantitative estimate of drug-likeness (QED) is 0.905. The van der Waals surface area contributed by atoms with Crippen molar-refractivity contribution in [3.05, 3.63) is 28.8 Å². The first-order valence-electron chi connectivity index (χ1n) is 7.87. The van der Waals surface area contributed by atoms with Crippen LogP contribution in [0.15, 0.2) is 18.2 Å². The molecular weight excluding hydrogens is 300 g/mol. The van der Waals surface area contributed by atoms with Crippen molar-refractivity contribution in [1.29, 1.82) is 0 Å². The smallest absolute Gasteiger partial charge is 0.263 e. The highest BCUT2D eigenvalue weighted by atomic mass is 35.5. The summed E-state index contributed by atoms with van der Waals surface area (Å²) in [5, 5.41) is 3.87. The van der Waals surface area contributed by atoms with Crippen molar-refractivity contribution >= 4 is 17.5 Å². The highest BCUT2D eigenvalue weighted by molar-refractivity contribution is 6.30. The second-order valence-corrected chi connectivity index (χ2v) is 6.46. The minimum Gasteiger partial charge on any atom is -0.481 e. The number of ether oxygens (including phenoxy) is 1. The van der Waals surface area contributed by atoms with Crippen LogP contribution in [0.3, 0.4) is 0 Å². The summed E-state index contributed by atoms with van der Waals surface area (Å²) in [5.41, 5.74) is 0.943. The van der Waals surface area contributed by atoms with Gasteiger partial charge in [0.05, 0.1) is 0 Å². The molecule has 0 aromatic heterocycles. The third-order valence-corrected chi connectivity index (χ3v) is 4.35. The molecule has 0 aliphatic carbocycles. The number of benzene rings is 1. The molecule has 1 heterocycles. The number of piperidine rings is 1. The molecule has 1 fully saturated rings. The molecule has 4 nitrogen and oxygen atoms in total. The molecule has 1 aliphatic rings. The average Bonchev–Trinajstić information content (AvgIpc) is 2.50. The van der Waals surface area contributed by atoms with E-state index in [-0.39, 0.29) is 5.91 Å². The maximum absolute atomic E-state index is 12.6. The van der Waals surface area contributed by atoms with Gasteiger partial charge in [-0.15, -0.1) is 0 Å². The van der Waals surface area contributed by atoms with Gasteiger partial charge < -0.3 is 15.0 Å². The van der Waals surface area contributed by atoms with Crippen LogP contribution in [-0.4, -0.2) is 43.6 Å². The van der Waals surface area contributed by atoms with Crippen LogP contribution in [0.5, 0.6) is 5.75 Å². The third kappa shape index (κ3) is 4.37. The fraction of sp³-hybridized carbons (Fsp3) is 0.588. The first kappa shape index (κ1) is 17.1. The van der Waals surface area contributed by atoms with E-state index in [4.69, 9.17) is 16.3 Å². The lowest BCUT2D eigenvalue weighted by Crippen LogP contribution is -2.47. The van der Waals surface area contributed by atoms with Gasteiger partial charge in [0.15, 0.2) is 6.10 Å². The van der Waals surface area contributed by atoms with Crippen LogP contribution in [0.4, 0.5) is 0 Å². The van der Waals surface area contributed by atoms with Crippen molar-refractivity contribution in [3.8, 4) is 5.75 Å². The Morgan fingerprint density at radius 3 is 3.00 bits per heavy atom. The summed E-state index contributed by atoms with van der Waals surface area (Å²) < 4.78 is 5.84. The number of carbonyl (C=O) groups excluding carboxylic acids is 1. The van der Waals surface area contributed by atoms with Gasteiger partial charge in [-0.25, -0.2) is 0 Å². The van der Waals surface area contributed by atoms with Gasteiger partial charge in [0.25, 0.3) is 5.91 Å². The minimum absolute atomic E-state index is 0.0650. The summed E-state index contributed by atoms with van der Waals surface area (Å²) in [6.07, 6.45) is 1.76. The van der Waals surface area contributed by atoms with Crippen molar-refractivity contribution in [2.24, 2.45) is 5.92 Å². The van der Waals surface area contributed by atoms with E-state index in [0.717, 1.165) is 31.6 Å². The summed E-state index contributed by atoms with van der Waals surface area (Å²) >= 11 is 5.95. The fourth-order valence-electron chi connectivity index (χ4n) is 2.96. The largest absolute Gasteiger partial charge is 0.481 e. The second-order valence-electron chi connectivity index (χ2n) is 6.02. The normalized spacial score (nSPS) is 19.8. The molecule has 1 aromatic rings. The Balaban J connectivity index is 1.96. The number of rotatable bonds is 5. The Morgan fingerprint density at radius 1 is 1.55 bits per heavy atom. The first-order valence-corrected chi connectivity index (χ1v) is 8.25. The Morgan fingerprint density at radius 2 is 2.32 bits per heavy atom. The van der Waals surface area contributed by atoms with Gasteiger partial charge in [0.2, 0.25) is 0 Å². The number of halogens is 1. The third-order valence-electron chi connectivity index (χ3n) is 4.11. The van der Waals surface area contributed by atoms with Gasteiger partial charge in [-0.1, -0.05) is 11.6 Å². The van der Waals surface area contributed by atoms with E-state index in [9.17, 15) is 4.79 Å². The summed E-state index contributed by atoms with van der Waals surface area (Å²) in [4.78, 5) is 14.5. The van der Waals surface area contributed by atoms with Crippen LogP contribution in [0, 0.1) is 12.8 Å². The van der Waals surface area contributed by atoms with Crippen LogP contribution in [-0.2, 0) is 4.79 Å². The van der Waals surface area contributed by atoms with Gasteiger partial charge in [0.1, 0.15) is 5.75 Å². The zero-order chi connectivity index (χ0) is 16.1. The lowest BCUT2D eigenvalue weighted by Gasteiger charge is -2.34. The molecule has 2 rings (SSSR count). The Hall–Kier alpha value is -1.26. The molecule has 2 atom stereocenters. The standard InChI is InChI=1S/C17H25ClN2O2/c1-12-9-15(18)6-7-16(12)22-13(2)17(21)20-8-4-5-14(11-20)10-19-3/h6-7,9,13-14,19H,4-5,8,10-11H2,1-3H3/t13-,14+/m1/s1. The van der Waals surface area contributed by atoms with E-state index in [1.54, 1.807) is 6.07 Å². The SMILES string of the molecule is CNC[C@@H]1CCCN(C(=O)[C@@H](C)Oc2ccc(Cl)cc2C)C1. The van der Waals surface area contributed by atoms with Crippen molar-refractivity contribution in [2.75, 3.05) is 26.7 Å². The van der Waals surface area contributed by atoms with Crippen LogP contribution in [0.2, 0.25) is 5.02 Å². The minimum atomic E-state index is -0.479. The highest BCUT2D eigenvalue weighted by Gasteiger charge is 2.27. The lowest BCUT2D eigenvalue weighted by molar-refractivity contribution is -0.139. The number of aryl methyl sites for hydroxylation is 1. The summed E-state index contributed by atoms with van der Waals surface area (Å²) in [6, 6.07) is 5.45. The van der Waals surface area contributed by atoms with E-state index < -0.39 is 6.10 Å². The number of nitrogens with one attached hydrogen (secondary N) is 1. The fourth-order valence-corrected chi connectivity index (χ4v) is 3.19. The van der Waals surface area contributed by atoms with Crippen molar-refractivity contribution < 1.29 is 9.53 Å². The zero-order valence-corrected chi connectivity index (χ0v) is 14.3. The molecule has 22 heavy (non-hydrogen) atoms. The van der Waals surface area contributed by atoms with Crippen LogP contribution < -0.4 is 10.1 Å². The maximum atomic E-state index is 12.6. The predicted octanol–water partition coefficient (Wildman–Crippen LogP) is 2.87. The molecule has 0 spiro atoms. The van der Waals surface area contributed by atoms with Crippen LogP contribution >= 0.6 is 11.6 Å². The Bertz CT molecular complexity index is 519. The highest BCUT2D eigenvalue weighted by Crippen LogP contribution is 2.24. The van der Waals surface area contributed by atoms with E-state index in [1.165, 1.54) is 6.42 Å². The van der Waals surface area contributed by atoms with Crippen LogP contribution in [0.1, 0.15) is 25.3 Å². The number of hydrogen-bond donors (Lipinski definition) is 1. The first-order chi connectivity index (χ1) is 10.5. The van der Waals surface area contributed by atoms with Crippen molar-refractivity contribution in [2.45, 2.75) is 32.8 Å². The molecule has 1 N–H and O–H groups in total. The zero-order valence-electron chi connectivity index (χ0n) is 13.6. The maximum Gasteiger partial charge on any atom is 0.263 e. The number of nitrogens with zero attached hydrogens (tertiary/aromatic N) is 1. The molecule has 0 radical (unpaired) electrons. The van der Waals surface area contributed by atoms with Gasteiger partial charge >= 0.3 is 0 Å². The van der Waals surface area contributed by atoms with E-state index in [0.29, 0.717) is 16.7 Å². The van der Waals surface area contributed by atoms with Crippen molar-refractivity contribution in [3.63, 3.8) is 0 Å². The topological polar surface area (TPSA) is 41.6 Å². The van der Waals surface area contributed by atoms with E-state index in [2.05, 4.69) is 5.32 Å². The molecule has 0 unspecified atom stereocenters. The molecule has 5 heteroatoms. The lowest BCUT2D eigenvalue weighted by atomic mass is 9.97. The molecule has 0 bridgehead atoms. The monoisotopic (exact) mass is 324 g/mol. The van der Waals surface area contributed by atoms with Gasteiger partial charge in [-0.3, -0.25) is 4.79 Å². The van der Waals surface area contributed by atoms with Crippen molar-refractivity contribution in [1.82, 2.24) is 10.2 Å². The molecule has 1 aromatic carbocycles. The number of hydrogen-bond acceptors (Lipinski definition) is 3. The van der Waals surface area contributed by atoms with Gasteiger partial charge in [0, 0.05) is 18.1 Å².